The summed E-state index contributed by atoms with van der Waals surface area (Å²) < 4.78 is 1.38. The van der Waals surface area contributed by atoms with Crippen molar-refractivity contribution in [2.75, 3.05) is 0 Å². The topological polar surface area (TPSA) is 25.3 Å². The van der Waals surface area contributed by atoms with Gasteiger partial charge in [0.05, 0.1) is 0 Å². The van der Waals surface area contributed by atoms with Gasteiger partial charge in [-0.2, -0.15) is 0 Å². The van der Waals surface area contributed by atoms with Crippen LogP contribution in [0.15, 0.2) is 60.2 Å². The number of allylic oxidation sites excluding steroid dienone is 2. The lowest BCUT2D eigenvalue weighted by atomic mass is 9.96. The van der Waals surface area contributed by atoms with Gasteiger partial charge in [0, 0.05) is 35.6 Å². The van der Waals surface area contributed by atoms with Crippen LogP contribution in [0.3, 0.4) is 0 Å². The van der Waals surface area contributed by atoms with Crippen LogP contribution in [0.25, 0.3) is 16.9 Å². The van der Waals surface area contributed by atoms with Gasteiger partial charge in [-0.15, -0.1) is 24.7 Å². The Hall–Kier alpha value is -3.36. The second-order valence-electron chi connectivity index (χ2n) is 7.89. The normalized spacial score (nSPS) is 13.1. The number of aryl methyl sites for hydroxylation is 2. The summed E-state index contributed by atoms with van der Waals surface area (Å²) in [7, 11) is 0. The summed E-state index contributed by atoms with van der Waals surface area (Å²) in [4.78, 5) is 0. The van der Waals surface area contributed by atoms with Gasteiger partial charge in [-0.1, -0.05) is 56.2 Å². The number of nitrogens with zero attached hydrogens (tertiary/aromatic N) is 2. The predicted octanol–water partition coefficient (Wildman–Crippen LogP) is 7.20. The van der Waals surface area contributed by atoms with Gasteiger partial charge in [0.2, 0.25) is 11.4 Å². The first kappa shape index (κ1) is 22.3. The maximum atomic E-state index is 11.4. The van der Waals surface area contributed by atoms with E-state index in [2.05, 4.69) is 49.1 Å². The molecule has 2 aromatic rings. The van der Waals surface area contributed by atoms with E-state index in [4.69, 9.17) is 12.8 Å². The first-order chi connectivity index (χ1) is 15.2. The second kappa shape index (κ2) is 11.1. The summed E-state index contributed by atoms with van der Waals surface area (Å²) in [5.74, 6) is 5.47. The average molecular weight is 407 g/mol. The first-order valence-electron chi connectivity index (χ1n) is 11.2. The number of benzene rings is 2. The Morgan fingerprint density at radius 1 is 0.806 bits per heavy atom. The van der Waals surface area contributed by atoms with Crippen LogP contribution in [0.4, 0.5) is 0 Å². The van der Waals surface area contributed by atoms with E-state index in [9.17, 15) is 5.53 Å². The van der Waals surface area contributed by atoms with Crippen LogP contribution in [0.5, 0.6) is 0 Å². The molecular formula is C29H30N2. The third kappa shape index (κ3) is 5.22. The zero-order chi connectivity index (χ0) is 22.1. The lowest BCUT2D eigenvalue weighted by molar-refractivity contribution is -0.344. The third-order valence-electron chi connectivity index (χ3n) is 5.75. The molecule has 2 nitrogen and oxygen atoms in total. The van der Waals surface area contributed by atoms with Gasteiger partial charge in [-0.25, -0.2) is 4.70 Å². The van der Waals surface area contributed by atoms with Gasteiger partial charge in [-0.05, 0) is 48.9 Å². The van der Waals surface area contributed by atoms with Crippen LogP contribution in [-0.4, -0.2) is 4.70 Å². The molecule has 0 bridgehead atoms. The number of rotatable bonds is 10. The van der Waals surface area contributed by atoms with E-state index in [1.165, 1.54) is 16.7 Å². The summed E-state index contributed by atoms with van der Waals surface area (Å²) in [6.45, 7) is 2.21. The van der Waals surface area contributed by atoms with Gasteiger partial charge in [0.1, 0.15) is 0 Å². The summed E-state index contributed by atoms with van der Waals surface area (Å²) in [5, 5.41) is 0. The van der Waals surface area contributed by atoms with Crippen molar-refractivity contribution in [3.8, 4) is 24.7 Å². The molecule has 1 aliphatic heterocycles. The third-order valence-corrected chi connectivity index (χ3v) is 5.75. The molecule has 156 valence electrons. The largest absolute Gasteiger partial charge is 0.493 e. The Balaban J connectivity index is 2.04. The fourth-order valence-electron chi connectivity index (χ4n) is 4.16. The number of hydrogen-bond acceptors (Lipinski definition) is 0. The van der Waals surface area contributed by atoms with E-state index < -0.39 is 0 Å². The number of unbranched alkanes of at least 4 members (excludes halogenated alkanes) is 2. The van der Waals surface area contributed by atoms with E-state index in [-0.39, 0.29) is 0 Å². The maximum Gasteiger partial charge on any atom is 0.211 e. The molecule has 0 unspecified atom stereocenters. The highest BCUT2D eigenvalue weighted by molar-refractivity contribution is 5.80. The fourth-order valence-corrected chi connectivity index (χ4v) is 4.16. The minimum Gasteiger partial charge on any atom is -0.493 e. The van der Waals surface area contributed by atoms with Gasteiger partial charge in [-0.3, -0.25) is 0 Å². The SMILES string of the molecule is C#CCCc1ccccc1C1=CC(CCCCC)=C(c2ccccc2CCC#C)[N+]1=[N-]. The molecule has 0 atom stereocenters. The molecule has 0 fully saturated rings. The van der Waals surface area contributed by atoms with Gasteiger partial charge in [0.25, 0.3) is 0 Å². The smallest absolute Gasteiger partial charge is 0.211 e. The van der Waals surface area contributed by atoms with Crippen LogP contribution in [0.2, 0.25) is 0 Å². The van der Waals surface area contributed by atoms with Crippen LogP contribution in [-0.2, 0) is 12.8 Å². The monoisotopic (exact) mass is 406 g/mol. The quantitative estimate of drug-likeness (QED) is 0.226. The molecule has 0 spiro atoms. The Labute approximate surface area is 187 Å². The molecule has 0 N–H and O–H groups in total. The Bertz CT molecular complexity index is 1090. The van der Waals surface area contributed by atoms with E-state index in [0.717, 1.165) is 65.8 Å². The van der Waals surface area contributed by atoms with Crippen molar-refractivity contribution in [1.82, 2.24) is 0 Å². The molecular weight excluding hydrogens is 376 g/mol. The van der Waals surface area contributed by atoms with Crippen molar-refractivity contribution in [3.63, 3.8) is 0 Å². The molecule has 0 aliphatic carbocycles. The van der Waals surface area contributed by atoms with E-state index in [0.29, 0.717) is 12.8 Å². The highest BCUT2D eigenvalue weighted by Gasteiger charge is 2.30. The summed E-state index contributed by atoms with van der Waals surface area (Å²) >= 11 is 0. The minimum absolute atomic E-state index is 0.675. The molecule has 0 saturated carbocycles. The van der Waals surface area contributed by atoms with E-state index in [1.807, 2.05) is 24.3 Å². The van der Waals surface area contributed by atoms with Crippen LogP contribution >= 0.6 is 0 Å². The number of hydrogen-bond donors (Lipinski definition) is 0. The predicted molar refractivity (Wildman–Crippen MR) is 130 cm³/mol. The molecule has 2 aromatic carbocycles. The molecule has 0 radical (unpaired) electrons. The highest BCUT2D eigenvalue weighted by Crippen LogP contribution is 2.39. The van der Waals surface area contributed by atoms with E-state index in [1.54, 1.807) is 0 Å². The lowest BCUT2D eigenvalue weighted by Gasteiger charge is -2.14. The molecule has 1 aliphatic rings. The molecule has 1 heterocycles. The van der Waals surface area contributed by atoms with Crippen molar-refractivity contribution >= 4 is 11.4 Å². The number of terminal acetylenes is 2. The summed E-state index contributed by atoms with van der Waals surface area (Å²) in [5.41, 5.74) is 18.7. The van der Waals surface area contributed by atoms with Crippen LogP contribution in [0.1, 0.15) is 67.7 Å². The van der Waals surface area contributed by atoms with Gasteiger partial charge in [0.15, 0.2) is 0 Å². The maximum absolute atomic E-state index is 11.4. The molecule has 0 aromatic heterocycles. The molecule has 3 rings (SSSR count). The zero-order valence-corrected chi connectivity index (χ0v) is 18.4. The second-order valence-corrected chi connectivity index (χ2v) is 7.89. The summed E-state index contributed by atoms with van der Waals surface area (Å²) in [6.07, 6.45) is 20.5. The first-order valence-corrected chi connectivity index (χ1v) is 11.2. The van der Waals surface area contributed by atoms with Crippen molar-refractivity contribution < 1.29 is 4.70 Å². The molecule has 31 heavy (non-hydrogen) atoms. The molecule has 0 amide bonds. The van der Waals surface area contributed by atoms with Crippen molar-refractivity contribution in [2.24, 2.45) is 0 Å². The Morgan fingerprint density at radius 3 is 2.00 bits per heavy atom. The van der Waals surface area contributed by atoms with Crippen LogP contribution < -0.4 is 0 Å². The average Bonchev–Trinajstić information content (AvgIpc) is 3.12. The van der Waals surface area contributed by atoms with Crippen molar-refractivity contribution in [2.45, 2.75) is 58.3 Å². The highest BCUT2D eigenvalue weighted by atomic mass is 15.2. The Kier molecular flexibility index (Phi) is 8.03. The molecule has 2 heteroatoms. The zero-order valence-electron chi connectivity index (χ0n) is 18.4. The van der Waals surface area contributed by atoms with Gasteiger partial charge < -0.3 is 5.53 Å². The summed E-state index contributed by atoms with van der Waals surface area (Å²) in [6, 6.07) is 16.5. The minimum atomic E-state index is 0.675. The lowest BCUT2D eigenvalue weighted by Crippen LogP contribution is -2.06. The van der Waals surface area contributed by atoms with Crippen molar-refractivity contribution in [1.29, 1.82) is 0 Å². The van der Waals surface area contributed by atoms with Crippen LogP contribution in [0, 0.1) is 24.7 Å². The van der Waals surface area contributed by atoms with Crippen molar-refractivity contribution in [3.05, 3.63) is 88.0 Å². The Morgan fingerprint density at radius 2 is 1.39 bits per heavy atom. The molecule has 0 saturated heterocycles. The van der Waals surface area contributed by atoms with Gasteiger partial charge >= 0.3 is 0 Å². The van der Waals surface area contributed by atoms with E-state index >= 15 is 0 Å². The standard InChI is InChI=1S/C29H30N2/c1-4-7-10-19-25-22-28(26-20-13-11-17-23(26)15-8-5-2)31(30)29(25)27-21-14-12-18-24(27)16-9-6-3/h2-3,11-14,17-18,20-22H,4,7-10,15-16,19H2,1H3. The fraction of sp³-hybridized carbons (Fsp3) is 0.310.